The number of pyridine rings is 2. The monoisotopic (exact) mass is 1190 g/mol. The summed E-state index contributed by atoms with van der Waals surface area (Å²) in [5, 5.41) is 20.6. The smallest absolute Gasteiger partial charge is 0.411 e. The predicted molar refractivity (Wildman–Crippen MR) is 339 cm³/mol. The maximum atomic E-state index is 13.8. The summed E-state index contributed by atoms with van der Waals surface area (Å²) in [6, 6.07) is 25.4. The van der Waals surface area contributed by atoms with E-state index in [4.69, 9.17) is 44.7 Å². The number of hydrogen-bond donors (Lipinski definition) is 2. The van der Waals surface area contributed by atoms with Crippen LogP contribution in [0, 0.1) is 5.92 Å². The maximum absolute atomic E-state index is 13.8. The molecule has 10 rings (SSSR count). The highest BCUT2D eigenvalue weighted by atomic mass is 28.3. The third kappa shape index (κ3) is 16.0. The van der Waals surface area contributed by atoms with Crippen LogP contribution < -0.4 is 10.6 Å². The molecule has 0 bridgehead atoms. The summed E-state index contributed by atoms with van der Waals surface area (Å²) in [7, 11) is -2.65. The van der Waals surface area contributed by atoms with Crippen molar-refractivity contribution in [2.45, 2.75) is 161 Å². The molecule has 7 heterocycles. The Hall–Kier alpha value is -7.34. The molecule has 1 saturated heterocycles. The standard InChI is InChI=1S/C42H64N6O6Si2.C22H21N5O2/c1-41(2,3)53-39(49)36-18-17-31(27-47(36)40(50)54-42(4,5)6)35-24-37(46(28-51-19-21-55(7,8)9)29-52-20-22-56(10,11)12)48-38(45-35)33(26-44-48)32-23-30-15-13-14-16-34(30)43-25-32;23-20-10-19(13-5-7-14(8-6-13)22(28)29)26-21-17(12-25-27(20)21)16-9-15-3-1-2-4-18(15)24-11-16/h13-16,23-26,31,36H,17-22,27-29H2,1-12H3;1-4,9-14H,5-8,23H2,(H,28,29)/t31-,36-;/m0./s1. The zero-order chi connectivity index (χ0) is 61.0. The number of carbonyl (C=O) groups excluding carboxylic acids is 2. The summed E-state index contributed by atoms with van der Waals surface area (Å²) in [6.07, 6.45) is 10.7. The van der Waals surface area contributed by atoms with Crippen LogP contribution in [0.5, 0.6) is 0 Å². The number of nitrogens with two attached hydrogens (primary N) is 1. The number of carbonyl (C=O) groups is 3. The molecule has 21 heteroatoms. The Labute approximate surface area is 500 Å². The summed E-state index contributed by atoms with van der Waals surface area (Å²) in [5.74, 6) is -0.0885. The van der Waals surface area contributed by atoms with Gasteiger partial charge in [-0.15, -0.1) is 0 Å². The van der Waals surface area contributed by atoms with Gasteiger partial charge in [-0.1, -0.05) is 75.7 Å². The van der Waals surface area contributed by atoms with Crippen molar-refractivity contribution in [3.05, 3.63) is 109 Å². The minimum Gasteiger partial charge on any atom is -0.481 e. The second-order valence-corrected chi connectivity index (χ2v) is 38.4. The fourth-order valence-electron chi connectivity index (χ4n) is 10.7. The van der Waals surface area contributed by atoms with Crippen LogP contribution in [-0.4, -0.2) is 134 Å². The number of fused-ring (bicyclic) bond motifs is 4. The number of piperidine rings is 1. The number of nitrogen functional groups attached to an aromatic ring is 1. The number of carboxylic acids is 1. The number of esters is 1. The van der Waals surface area contributed by atoms with Gasteiger partial charge in [0.15, 0.2) is 11.3 Å². The second kappa shape index (κ2) is 25.7. The number of para-hydroxylation sites is 2. The lowest BCUT2D eigenvalue weighted by Gasteiger charge is -2.39. The van der Waals surface area contributed by atoms with Crippen molar-refractivity contribution in [1.82, 2.24) is 44.1 Å². The largest absolute Gasteiger partial charge is 0.481 e. The summed E-state index contributed by atoms with van der Waals surface area (Å²) < 4.78 is 27.9. The van der Waals surface area contributed by atoms with Crippen molar-refractivity contribution in [2.75, 3.05) is 43.9 Å². The van der Waals surface area contributed by atoms with Gasteiger partial charge in [0.05, 0.1) is 35.0 Å². The van der Waals surface area contributed by atoms with Crippen LogP contribution in [-0.2, 0) is 28.5 Å². The Kier molecular flexibility index (Phi) is 18.8. The molecule has 19 nitrogen and oxygen atoms in total. The molecule has 2 aromatic carbocycles. The third-order valence-electron chi connectivity index (χ3n) is 15.4. The number of benzene rings is 2. The van der Waals surface area contributed by atoms with Gasteiger partial charge in [0.1, 0.15) is 42.3 Å². The van der Waals surface area contributed by atoms with Gasteiger partial charge in [0.2, 0.25) is 0 Å². The van der Waals surface area contributed by atoms with Crippen molar-refractivity contribution in [3.8, 4) is 22.3 Å². The molecular formula is C64H85N11O8Si2. The maximum Gasteiger partial charge on any atom is 0.411 e. The van der Waals surface area contributed by atoms with Crippen molar-refractivity contribution < 1.29 is 38.4 Å². The number of anilines is 2. The third-order valence-corrected chi connectivity index (χ3v) is 18.8. The van der Waals surface area contributed by atoms with Gasteiger partial charge in [-0.25, -0.2) is 19.6 Å². The lowest BCUT2D eigenvalue weighted by atomic mass is 9.80. The highest BCUT2D eigenvalue weighted by Crippen LogP contribution is 2.39. The van der Waals surface area contributed by atoms with Crippen molar-refractivity contribution >= 4 is 78.9 Å². The Bertz CT molecular complexity index is 3650. The van der Waals surface area contributed by atoms with Crippen LogP contribution in [0.4, 0.5) is 16.4 Å². The zero-order valence-electron chi connectivity index (χ0n) is 51.6. The Morgan fingerprint density at radius 1 is 0.635 bits per heavy atom. The molecule has 2 atom stereocenters. The van der Waals surface area contributed by atoms with Crippen LogP contribution >= 0.6 is 0 Å². The van der Waals surface area contributed by atoms with Crippen LogP contribution in [0.15, 0.2) is 97.6 Å². The van der Waals surface area contributed by atoms with E-state index in [0.717, 1.165) is 86.2 Å². The highest BCUT2D eigenvalue weighted by Gasteiger charge is 2.42. The van der Waals surface area contributed by atoms with Crippen LogP contribution in [0.2, 0.25) is 51.4 Å². The van der Waals surface area contributed by atoms with Gasteiger partial charge in [-0.05, 0) is 116 Å². The lowest BCUT2D eigenvalue weighted by molar-refractivity contribution is -0.162. The van der Waals surface area contributed by atoms with E-state index in [1.165, 1.54) is 4.90 Å². The van der Waals surface area contributed by atoms with Crippen molar-refractivity contribution in [2.24, 2.45) is 5.92 Å². The first-order chi connectivity index (χ1) is 40.2. The van der Waals surface area contributed by atoms with Crippen molar-refractivity contribution in [3.63, 3.8) is 0 Å². The molecule has 85 heavy (non-hydrogen) atoms. The number of carboxylic acid groups (broad SMARTS) is 1. The molecule has 1 aliphatic heterocycles. The number of ether oxygens (including phenoxy) is 4. The normalized spacial score (nSPS) is 17.9. The Morgan fingerprint density at radius 2 is 1.13 bits per heavy atom. The van der Waals surface area contributed by atoms with Gasteiger partial charge in [0.25, 0.3) is 0 Å². The molecule has 1 amide bonds. The molecular weight excluding hydrogens is 1110 g/mol. The molecule has 2 aliphatic rings. The molecule has 0 radical (unpaired) electrons. The average Bonchev–Trinajstić information content (AvgIpc) is 3.72. The molecule has 8 aromatic rings. The predicted octanol–water partition coefficient (Wildman–Crippen LogP) is 13.1. The van der Waals surface area contributed by atoms with Crippen molar-refractivity contribution in [1.29, 1.82) is 0 Å². The number of aromatic nitrogens is 8. The minimum absolute atomic E-state index is 0.218. The van der Waals surface area contributed by atoms with E-state index in [1.54, 1.807) is 10.7 Å². The number of nitrogens with zero attached hydrogens (tertiary/aromatic N) is 10. The Balaban J connectivity index is 0.000000247. The average molecular weight is 1190 g/mol. The lowest BCUT2D eigenvalue weighted by Crippen LogP contribution is -2.53. The summed E-state index contributed by atoms with van der Waals surface area (Å²) in [5.41, 5.74) is 13.3. The summed E-state index contributed by atoms with van der Waals surface area (Å²) in [4.78, 5) is 61.7. The number of aliphatic carboxylic acids is 1. The van der Waals surface area contributed by atoms with E-state index < -0.39 is 51.4 Å². The zero-order valence-corrected chi connectivity index (χ0v) is 53.6. The fourth-order valence-corrected chi connectivity index (χ4v) is 12.2. The SMILES string of the molecule is CC(C)(C)OC(=O)[C@@H]1CC[C@H](c2cc(N(COCC[Si](C)(C)C)COCC[Si](C)(C)C)n3ncc(-c4cnc5ccccc5c4)c3n2)CN1C(=O)OC(C)(C)C.Nc1cc(C2CCC(C(=O)O)CC2)nc2c(-c3cnc4ccccc4c3)cnn12. The van der Waals surface area contributed by atoms with Crippen LogP contribution in [0.3, 0.4) is 0 Å². The summed E-state index contributed by atoms with van der Waals surface area (Å²) in [6.45, 7) is 27.2. The van der Waals surface area contributed by atoms with Gasteiger partial charge < -0.3 is 34.7 Å². The molecule has 6 aromatic heterocycles. The summed E-state index contributed by atoms with van der Waals surface area (Å²) >= 11 is 0. The van der Waals surface area contributed by atoms with Crippen LogP contribution in [0.1, 0.15) is 103 Å². The fraction of sp³-hybridized carbons (Fsp3) is 0.484. The van der Waals surface area contributed by atoms with E-state index in [-0.39, 0.29) is 24.3 Å². The number of rotatable bonds is 17. The topological polar surface area (TPSA) is 227 Å². The van der Waals surface area contributed by atoms with E-state index >= 15 is 0 Å². The van der Waals surface area contributed by atoms with E-state index in [0.29, 0.717) is 69.5 Å². The molecule has 452 valence electrons. The molecule has 1 aliphatic carbocycles. The van der Waals surface area contributed by atoms with Crippen LogP contribution in [0.25, 0.3) is 55.4 Å². The van der Waals surface area contributed by atoms with E-state index in [1.807, 2.05) is 125 Å². The minimum atomic E-state index is -1.33. The van der Waals surface area contributed by atoms with E-state index in [2.05, 4.69) is 66.4 Å². The molecule has 3 N–H and O–H groups in total. The first kappa shape index (κ1) is 62.2. The number of likely N-dealkylation sites (tertiary alicyclic amines) is 1. The van der Waals surface area contributed by atoms with E-state index in [9.17, 15) is 19.5 Å². The van der Waals surface area contributed by atoms with Gasteiger partial charge in [-0.3, -0.25) is 19.7 Å². The molecule has 2 fully saturated rings. The Morgan fingerprint density at radius 3 is 1.65 bits per heavy atom. The van der Waals surface area contributed by atoms with Gasteiger partial charge in [0, 0.05) is 111 Å². The molecule has 0 unspecified atom stereocenters. The number of amides is 1. The van der Waals surface area contributed by atoms with Gasteiger partial charge in [-0.2, -0.15) is 19.2 Å². The van der Waals surface area contributed by atoms with Gasteiger partial charge >= 0.3 is 18.0 Å². The second-order valence-electron chi connectivity index (χ2n) is 27.1. The first-order valence-corrected chi connectivity index (χ1v) is 37.2. The number of hydrogen-bond acceptors (Lipinski definition) is 15. The highest BCUT2D eigenvalue weighted by molar-refractivity contribution is 6.76. The molecule has 0 spiro atoms. The first-order valence-electron chi connectivity index (χ1n) is 29.8. The molecule has 1 saturated carbocycles. The quantitative estimate of drug-likeness (QED) is 0.0374.